The van der Waals surface area contributed by atoms with E-state index in [9.17, 15) is 4.79 Å². The Hall–Kier alpha value is -1.33. The van der Waals surface area contributed by atoms with Crippen molar-refractivity contribution in [3.8, 4) is 0 Å². The molecule has 0 aliphatic carbocycles. The van der Waals surface area contributed by atoms with Gasteiger partial charge in [-0.3, -0.25) is 4.79 Å². The van der Waals surface area contributed by atoms with E-state index in [4.69, 9.17) is 16.3 Å². The third-order valence-corrected chi connectivity index (χ3v) is 3.68. The summed E-state index contributed by atoms with van der Waals surface area (Å²) < 4.78 is 5.31. The monoisotopic (exact) mass is 297 g/mol. The molecule has 0 bridgehead atoms. The van der Waals surface area contributed by atoms with E-state index in [0.717, 1.165) is 19.4 Å². The maximum atomic E-state index is 12.5. The predicted molar refractivity (Wildman–Crippen MR) is 79.3 cm³/mol. The van der Waals surface area contributed by atoms with E-state index in [2.05, 4.69) is 17.2 Å². The quantitative estimate of drug-likeness (QED) is 0.907. The molecule has 110 valence electrons. The maximum absolute atomic E-state index is 12.5. The number of amides is 1. The van der Waals surface area contributed by atoms with Crippen LogP contribution in [0.3, 0.4) is 0 Å². The number of pyridine rings is 1. The molecule has 1 atom stereocenters. The van der Waals surface area contributed by atoms with Gasteiger partial charge < -0.3 is 15.0 Å². The first-order valence-electron chi connectivity index (χ1n) is 6.88. The van der Waals surface area contributed by atoms with Crippen LogP contribution in [0.5, 0.6) is 0 Å². The Kier molecular flexibility index (Phi) is 5.20. The molecule has 0 aromatic carbocycles. The number of halogens is 1. The van der Waals surface area contributed by atoms with E-state index in [0.29, 0.717) is 29.7 Å². The van der Waals surface area contributed by atoms with E-state index in [-0.39, 0.29) is 11.9 Å². The van der Waals surface area contributed by atoms with Gasteiger partial charge >= 0.3 is 0 Å². The molecule has 6 heteroatoms. The van der Waals surface area contributed by atoms with E-state index in [1.54, 1.807) is 24.1 Å². The number of aromatic nitrogens is 1. The number of likely N-dealkylation sites (N-methyl/N-ethyl adjacent to an activating group) is 1. The molecule has 1 aliphatic heterocycles. The van der Waals surface area contributed by atoms with Crippen LogP contribution in [0.4, 0.5) is 5.82 Å². The van der Waals surface area contributed by atoms with Crippen molar-refractivity contribution in [1.82, 2.24) is 9.88 Å². The van der Waals surface area contributed by atoms with Crippen molar-refractivity contribution in [3.63, 3.8) is 0 Å². The molecule has 20 heavy (non-hydrogen) atoms. The highest BCUT2D eigenvalue weighted by molar-refractivity contribution is 6.33. The summed E-state index contributed by atoms with van der Waals surface area (Å²) >= 11 is 6.11. The summed E-state index contributed by atoms with van der Waals surface area (Å²) in [4.78, 5) is 18.5. The summed E-state index contributed by atoms with van der Waals surface area (Å²) in [5.41, 5.74) is 0.294. The van der Waals surface area contributed by atoms with Crippen molar-refractivity contribution < 1.29 is 9.53 Å². The topological polar surface area (TPSA) is 54.5 Å². The Labute approximate surface area is 124 Å². The summed E-state index contributed by atoms with van der Waals surface area (Å²) in [5.74, 6) is 0.515. The SMILES string of the molecule is CCCNc1ccc(Cl)c(C(=O)N(C)C2CCOC2)n1. The number of hydrogen-bond donors (Lipinski definition) is 1. The number of ether oxygens (including phenoxy) is 1. The molecule has 2 heterocycles. The molecule has 0 radical (unpaired) electrons. The Bertz CT molecular complexity index is 475. The molecule has 1 fully saturated rings. The van der Waals surface area contributed by atoms with Crippen LogP contribution in [0.1, 0.15) is 30.3 Å². The fourth-order valence-corrected chi connectivity index (χ4v) is 2.29. The minimum absolute atomic E-state index is 0.104. The molecule has 1 amide bonds. The fraction of sp³-hybridized carbons (Fsp3) is 0.571. The van der Waals surface area contributed by atoms with Crippen molar-refractivity contribution in [2.75, 3.05) is 32.1 Å². The third kappa shape index (κ3) is 3.41. The molecule has 1 unspecified atom stereocenters. The van der Waals surface area contributed by atoms with Gasteiger partial charge in [0.15, 0.2) is 0 Å². The molecule has 1 aromatic heterocycles. The van der Waals surface area contributed by atoms with E-state index in [1.807, 2.05) is 0 Å². The Morgan fingerprint density at radius 3 is 3.05 bits per heavy atom. The van der Waals surface area contributed by atoms with Gasteiger partial charge in [0.2, 0.25) is 0 Å². The standard InChI is InChI=1S/C14H20ClN3O2/c1-3-7-16-12-5-4-11(15)13(17-12)14(19)18(2)10-6-8-20-9-10/h4-5,10H,3,6-9H2,1-2H3,(H,16,17). The lowest BCUT2D eigenvalue weighted by Gasteiger charge is -2.23. The number of hydrogen-bond acceptors (Lipinski definition) is 4. The lowest BCUT2D eigenvalue weighted by Crippen LogP contribution is -2.38. The molecule has 1 aliphatic rings. The van der Waals surface area contributed by atoms with E-state index < -0.39 is 0 Å². The van der Waals surface area contributed by atoms with Gasteiger partial charge in [-0.25, -0.2) is 4.98 Å². The van der Waals surface area contributed by atoms with Gasteiger partial charge in [-0.05, 0) is 25.0 Å². The normalized spacial score (nSPS) is 18.1. The van der Waals surface area contributed by atoms with Crippen molar-refractivity contribution in [1.29, 1.82) is 0 Å². The molecule has 5 nitrogen and oxygen atoms in total. The first-order chi connectivity index (χ1) is 9.63. The van der Waals surface area contributed by atoms with Gasteiger partial charge in [-0.2, -0.15) is 0 Å². The predicted octanol–water partition coefficient (Wildman–Crippen LogP) is 2.42. The van der Waals surface area contributed by atoms with Crippen molar-refractivity contribution in [2.45, 2.75) is 25.8 Å². The van der Waals surface area contributed by atoms with E-state index in [1.165, 1.54) is 0 Å². The average Bonchev–Trinajstić information content (AvgIpc) is 2.99. The van der Waals surface area contributed by atoms with Gasteiger partial charge in [0.25, 0.3) is 5.91 Å². The molecule has 1 N–H and O–H groups in total. The Morgan fingerprint density at radius 2 is 2.40 bits per heavy atom. The second kappa shape index (κ2) is 6.90. The number of nitrogens with one attached hydrogen (secondary N) is 1. The van der Waals surface area contributed by atoms with Crippen LogP contribution in [0.15, 0.2) is 12.1 Å². The molecule has 1 aromatic rings. The zero-order valence-corrected chi connectivity index (χ0v) is 12.6. The summed E-state index contributed by atoms with van der Waals surface area (Å²) in [5, 5.41) is 3.54. The molecule has 0 saturated carbocycles. The first kappa shape index (κ1) is 15.1. The highest BCUT2D eigenvalue weighted by Gasteiger charge is 2.27. The molecule has 2 rings (SSSR count). The number of anilines is 1. The first-order valence-corrected chi connectivity index (χ1v) is 7.26. The minimum atomic E-state index is -0.161. The van der Waals surface area contributed by atoms with Crippen LogP contribution in [0.25, 0.3) is 0 Å². The highest BCUT2D eigenvalue weighted by atomic mass is 35.5. The summed E-state index contributed by atoms with van der Waals surface area (Å²) in [7, 11) is 1.77. The second-order valence-electron chi connectivity index (χ2n) is 4.89. The third-order valence-electron chi connectivity index (χ3n) is 3.38. The highest BCUT2D eigenvalue weighted by Crippen LogP contribution is 2.20. The lowest BCUT2D eigenvalue weighted by atomic mass is 10.2. The number of carbonyl (C=O) groups excluding carboxylic acids is 1. The molecule has 1 saturated heterocycles. The number of rotatable bonds is 5. The zero-order chi connectivity index (χ0) is 14.5. The second-order valence-corrected chi connectivity index (χ2v) is 5.29. The summed E-state index contributed by atoms with van der Waals surface area (Å²) in [6.45, 7) is 4.16. The van der Waals surface area contributed by atoms with Crippen LogP contribution in [-0.2, 0) is 4.74 Å². The van der Waals surface area contributed by atoms with Crippen molar-refractivity contribution in [3.05, 3.63) is 22.8 Å². The molecular formula is C14H20ClN3O2. The van der Waals surface area contributed by atoms with Crippen molar-refractivity contribution >= 4 is 23.3 Å². The van der Waals surface area contributed by atoms with Crippen LogP contribution in [-0.4, -0.2) is 48.6 Å². The summed E-state index contributed by atoms with van der Waals surface area (Å²) in [6.07, 6.45) is 1.85. The van der Waals surface area contributed by atoms with Crippen LogP contribution < -0.4 is 5.32 Å². The largest absolute Gasteiger partial charge is 0.379 e. The van der Waals surface area contributed by atoms with Crippen LogP contribution >= 0.6 is 11.6 Å². The lowest BCUT2D eigenvalue weighted by molar-refractivity contribution is 0.0706. The molecular weight excluding hydrogens is 278 g/mol. The van der Waals surface area contributed by atoms with Crippen LogP contribution in [0, 0.1) is 0 Å². The van der Waals surface area contributed by atoms with Gasteiger partial charge in [0.05, 0.1) is 17.7 Å². The Morgan fingerprint density at radius 1 is 1.60 bits per heavy atom. The number of carbonyl (C=O) groups is 1. The molecule has 0 spiro atoms. The fourth-order valence-electron chi connectivity index (χ4n) is 2.10. The Balaban J connectivity index is 2.15. The smallest absolute Gasteiger partial charge is 0.274 e. The van der Waals surface area contributed by atoms with Gasteiger partial charge in [-0.1, -0.05) is 18.5 Å². The van der Waals surface area contributed by atoms with Crippen LogP contribution in [0.2, 0.25) is 5.02 Å². The van der Waals surface area contributed by atoms with Gasteiger partial charge in [-0.15, -0.1) is 0 Å². The minimum Gasteiger partial charge on any atom is -0.379 e. The summed E-state index contributed by atoms with van der Waals surface area (Å²) in [6, 6.07) is 3.60. The average molecular weight is 298 g/mol. The van der Waals surface area contributed by atoms with E-state index >= 15 is 0 Å². The van der Waals surface area contributed by atoms with Gasteiger partial charge in [0.1, 0.15) is 11.5 Å². The zero-order valence-electron chi connectivity index (χ0n) is 11.9. The van der Waals surface area contributed by atoms with Gasteiger partial charge in [0, 0.05) is 20.2 Å². The van der Waals surface area contributed by atoms with Crippen molar-refractivity contribution in [2.24, 2.45) is 0 Å². The maximum Gasteiger partial charge on any atom is 0.274 e. The number of nitrogens with zero attached hydrogens (tertiary/aromatic N) is 2.